The SMILES string of the molecule is O=C(c1cc(S(=O)(=O)N2CCOCC2)c(Cl)cc1Cl)N1CCC(n2ccnc2)CC1. The minimum Gasteiger partial charge on any atom is -0.379 e. The predicted octanol–water partition coefficient (Wildman–Crippen LogP) is 2.69. The number of carbonyl (C=O) groups excluding carboxylic acids is 1. The molecule has 2 aromatic rings. The lowest BCUT2D eigenvalue weighted by Gasteiger charge is -2.33. The summed E-state index contributed by atoms with van der Waals surface area (Å²) in [6, 6.07) is 2.93. The zero-order chi connectivity index (χ0) is 21.3. The number of ether oxygens (including phenoxy) is 1. The van der Waals surface area contributed by atoms with Crippen molar-refractivity contribution >= 4 is 39.1 Å². The quantitative estimate of drug-likeness (QED) is 0.682. The Hall–Kier alpha value is -1.65. The Morgan fingerprint density at radius 2 is 1.77 bits per heavy atom. The van der Waals surface area contributed by atoms with Gasteiger partial charge in [0.2, 0.25) is 10.0 Å². The Balaban J connectivity index is 1.55. The van der Waals surface area contributed by atoms with E-state index in [2.05, 4.69) is 4.98 Å². The number of morpholine rings is 1. The maximum Gasteiger partial charge on any atom is 0.255 e. The molecule has 0 radical (unpaired) electrons. The van der Waals surface area contributed by atoms with Gasteiger partial charge < -0.3 is 14.2 Å². The number of benzene rings is 1. The lowest BCUT2D eigenvalue weighted by Crippen LogP contribution is -2.41. The summed E-state index contributed by atoms with van der Waals surface area (Å²) in [7, 11) is -3.85. The molecule has 1 aromatic heterocycles. The van der Waals surface area contributed by atoms with Crippen molar-refractivity contribution in [3.63, 3.8) is 0 Å². The van der Waals surface area contributed by atoms with Crippen molar-refractivity contribution in [1.82, 2.24) is 18.8 Å². The molecule has 11 heteroatoms. The first-order valence-corrected chi connectivity index (χ1v) is 11.9. The van der Waals surface area contributed by atoms with Crippen molar-refractivity contribution < 1.29 is 17.9 Å². The second-order valence-electron chi connectivity index (χ2n) is 7.31. The van der Waals surface area contributed by atoms with Gasteiger partial charge >= 0.3 is 0 Å². The van der Waals surface area contributed by atoms with Gasteiger partial charge in [0.05, 0.1) is 35.1 Å². The third-order valence-corrected chi connectivity index (χ3v) is 8.21. The van der Waals surface area contributed by atoms with Crippen molar-refractivity contribution in [3.05, 3.63) is 46.5 Å². The van der Waals surface area contributed by atoms with Crippen LogP contribution in [0.1, 0.15) is 29.2 Å². The van der Waals surface area contributed by atoms with E-state index in [4.69, 9.17) is 27.9 Å². The maximum absolute atomic E-state index is 13.1. The third-order valence-electron chi connectivity index (χ3n) is 5.54. The van der Waals surface area contributed by atoms with Crippen molar-refractivity contribution in [2.45, 2.75) is 23.8 Å². The molecule has 2 saturated heterocycles. The molecular weight excluding hydrogens is 451 g/mol. The first kappa shape index (κ1) is 21.6. The summed E-state index contributed by atoms with van der Waals surface area (Å²) in [5, 5.41) is 0.143. The van der Waals surface area contributed by atoms with E-state index in [9.17, 15) is 13.2 Å². The van der Waals surface area contributed by atoms with Gasteiger partial charge in [-0.15, -0.1) is 0 Å². The fourth-order valence-corrected chi connectivity index (χ4v) is 6.08. The van der Waals surface area contributed by atoms with E-state index in [-0.39, 0.29) is 45.5 Å². The van der Waals surface area contributed by atoms with Gasteiger partial charge in [-0.05, 0) is 25.0 Å². The molecule has 3 heterocycles. The van der Waals surface area contributed by atoms with Crippen LogP contribution in [0.5, 0.6) is 0 Å². The van der Waals surface area contributed by atoms with Crippen LogP contribution >= 0.6 is 23.2 Å². The number of aromatic nitrogens is 2. The molecule has 0 atom stereocenters. The van der Waals surface area contributed by atoms with E-state index >= 15 is 0 Å². The van der Waals surface area contributed by atoms with Crippen molar-refractivity contribution in [2.24, 2.45) is 0 Å². The predicted molar refractivity (Wildman–Crippen MR) is 112 cm³/mol. The summed E-state index contributed by atoms with van der Waals surface area (Å²) < 4.78 is 34.7. The zero-order valence-corrected chi connectivity index (χ0v) is 18.5. The van der Waals surface area contributed by atoms with Crippen molar-refractivity contribution in [1.29, 1.82) is 0 Å². The Labute approximate surface area is 185 Å². The van der Waals surface area contributed by atoms with E-state index in [0.29, 0.717) is 26.3 Å². The van der Waals surface area contributed by atoms with Crippen LogP contribution in [0.2, 0.25) is 10.0 Å². The van der Waals surface area contributed by atoms with Gasteiger partial charge in [0.25, 0.3) is 5.91 Å². The molecule has 0 N–H and O–H groups in total. The van der Waals surface area contributed by atoms with Crippen LogP contribution in [0.15, 0.2) is 35.7 Å². The molecular formula is C19H22Cl2N4O4S. The fourth-order valence-electron chi connectivity index (χ4n) is 3.84. The molecule has 2 aliphatic rings. The number of halogens is 2. The second-order valence-corrected chi connectivity index (χ2v) is 10.0. The molecule has 0 unspecified atom stereocenters. The lowest BCUT2D eigenvalue weighted by molar-refractivity contribution is 0.0694. The van der Waals surface area contributed by atoms with Crippen LogP contribution in [0.3, 0.4) is 0 Å². The van der Waals surface area contributed by atoms with E-state index in [1.165, 1.54) is 16.4 Å². The van der Waals surface area contributed by atoms with Crippen LogP contribution in [-0.2, 0) is 14.8 Å². The van der Waals surface area contributed by atoms with Gasteiger partial charge in [0, 0.05) is 44.6 Å². The molecule has 0 saturated carbocycles. The zero-order valence-electron chi connectivity index (χ0n) is 16.2. The summed E-state index contributed by atoms with van der Waals surface area (Å²) in [6.45, 7) is 2.22. The van der Waals surface area contributed by atoms with E-state index in [0.717, 1.165) is 12.8 Å². The fraction of sp³-hybridized carbons (Fsp3) is 0.474. The first-order chi connectivity index (χ1) is 14.4. The molecule has 0 aliphatic carbocycles. The highest BCUT2D eigenvalue weighted by Crippen LogP contribution is 2.32. The summed E-state index contributed by atoms with van der Waals surface area (Å²) in [6.07, 6.45) is 7.00. The highest BCUT2D eigenvalue weighted by atomic mass is 35.5. The second kappa shape index (κ2) is 8.84. The number of rotatable bonds is 4. The highest BCUT2D eigenvalue weighted by Gasteiger charge is 2.32. The van der Waals surface area contributed by atoms with E-state index in [1.807, 2.05) is 10.8 Å². The van der Waals surface area contributed by atoms with E-state index < -0.39 is 10.0 Å². The molecule has 1 aromatic carbocycles. The molecule has 162 valence electrons. The van der Waals surface area contributed by atoms with Gasteiger partial charge in [0.1, 0.15) is 4.90 Å². The Kier molecular flexibility index (Phi) is 6.36. The average molecular weight is 473 g/mol. The molecule has 0 bridgehead atoms. The molecule has 30 heavy (non-hydrogen) atoms. The summed E-state index contributed by atoms with van der Waals surface area (Å²) in [5.74, 6) is -0.292. The topological polar surface area (TPSA) is 84.7 Å². The van der Waals surface area contributed by atoms with Crippen LogP contribution < -0.4 is 0 Å². The first-order valence-electron chi connectivity index (χ1n) is 9.71. The lowest BCUT2D eigenvalue weighted by atomic mass is 10.0. The molecule has 1 amide bonds. The minimum absolute atomic E-state index is 0.00172. The Morgan fingerprint density at radius 3 is 2.40 bits per heavy atom. The smallest absolute Gasteiger partial charge is 0.255 e. The molecule has 2 aliphatic heterocycles. The summed E-state index contributed by atoms with van der Waals surface area (Å²) in [5.41, 5.74) is 0.147. The number of sulfonamides is 1. The van der Waals surface area contributed by atoms with E-state index in [1.54, 1.807) is 17.4 Å². The number of hydrogen-bond donors (Lipinski definition) is 0. The number of likely N-dealkylation sites (tertiary alicyclic amines) is 1. The van der Waals surface area contributed by atoms with Crippen LogP contribution in [-0.4, -0.2) is 72.5 Å². The third kappa shape index (κ3) is 4.22. The van der Waals surface area contributed by atoms with Crippen molar-refractivity contribution in [3.8, 4) is 0 Å². The number of piperidine rings is 1. The molecule has 2 fully saturated rings. The molecule has 4 rings (SSSR count). The summed E-state index contributed by atoms with van der Waals surface area (Å²) in [4.78, 5) is 18.8. The number of nitrogens with zero attached hydrogens (tertiary/aromatic N) is 4. The molecule has 0 spiro atoms. The Bertz CT molecular complexity index is 1020. The van der Waals surface area contributed by atoms with Gasteiger partial charge in [0.15, 0.2) is 0 Å². The minimum atomic E-state index is -3.85. The van der Waals surface area contributed by atoms with Crippen LogP contribution in [0.25, 0.3) is 0 Å². The number of carbonyl (C=O) groups is 1. The maximum atomic E-state index is 13.1. The van der Waals surface area contributed by atoms with Gasteiger partial charge in [-0.1, -0.05) is 23.2 Å². The average Bonchev–Trinajstić information content (AvgIpc) is 3.29. The number of imidazole rings is 1. The number of amides is 1. The van der Waals surface area contributed by atoms with Crippen LogP contribution in [0.4, 0.5) is 0 Å². The normalized spacial score (nSPS) is 19.2. The standard InChI is InChI=1S/C19H22Cl2N4O4S/c20-16-12-17(21)18(30(27,28)25-7-9-29-10-8-25)11-15(16)19(26)23-4-1-14(2-5-23)24-6-3-22-13-24/h3,6,11-14H,1-2,4-5,7-10H2. The van der Waals surface area contributed by atoms with Gasteiger partial charge in [-0.3, -0.25) is 4.79 Å². The monoisotopic (exact) mass is 472 g/mol. The molecule has 8 nitrogen and oxygen atoms in total. The van der Waals surface area contributed by atoms with Gasteiger partial charge in [-0.25, -0.2) is 13.4 Å². The van der Waals surface area contributed by atoms with Crippen LogP contribution in [0, 0.1) is 0 Å². The number of hydrogen-bond acceptors (Lipinski definition) is 5. The summed E-state index contributed by atoms with van der Waals surface area (Å²) >= 11 is 12.5. The van der Waals surface area contributed by atoms with Gasteiger partial charge in [-0.2, -0.15) is 4.31 Å². The largest absolute Gasteiger partial charge is 0.379 e. The van der Waals surface area contributed by atoms with Crippen molar-refractivity contribution in [2.75, 3.05) is 39.4 Å². The highest BCUT2D eigenvalue weighted by molar-refractivity contribution is 7.89. The Morgan fingerprint density at radius 1 is 1.07 bits per heavy atom.